The summed E-state index contributed by atoms with van der Waals surface area (Å²) in [5.74, 6) is -1.98. The Hall–Kier alpha value is -3.78. The fourth-order valence-electron chi connectivity index (χ4n) is 7.09. The van der Waals surface area contributed by atoms with Crippen molar-refractivity contribution in [1.82, 2.24) is 4.72 Å². The molecule has 0 amide bonds. The van der Waals surface area contributed by atoms with E-state index in [0.29, 0.717) is 24.0 Å². The Morgan fingerprint density at radius 2 is 1.77 bits per heavy atom. The van der Waals surface area contributed by atoms with Gasteiger partial charge in [-0.25, -0.2) is 17.9 Å². The summed E-state index contributed by atoms with van der Waals surface area (Å²) in [4.78, 5) is 11.5. The van der Waals surface area contributed by atoms with E-state index in [0.717, 1.165) is 0 Å². The molecule has 0 fully saturated rings. The zero-order valence-corrected chi connectivity index (χ0v) is 29.1. The van der Waals surface area contributed by atoms with Gasteiger partial charge in [-0.1, -0.05) is 52.8 Å². The fraction of sp³-hybridized carbons (Fsp3) is 0.412. The third kappa shape index (κ3) is 6.17. The van der Waals surface area contributed by atoms with Gasteiger partial charge in [0, 0.05) is 28.6 Å². The van der Waals surface area contributed by atoms with E-state index >= 15 is 0 Å². The number of fused-ring (bicyclic) bond motifs is 3. The lowest BCUT2D eigenvalue weighted by Crippen LogP contribution is -2.38. The molecule has 5 rings (SSSR count). The Bertz CT molecular complexity index is 2170. The highest BCUT2D eigenvalue weighted by atomic mass is 32.2. The van der Waals surface area contributed by atoms with Crippen molar-refractivity contribution in [3.8, 4) is 22.5 Å². The van der Waals surface area contributed by atoms with Crippen molar-refractivity contribution < 1.29 is 35.7 Å². The van der Waals surface area contributed by atoms with Crippen molar-refractivity contribution in [3.63, 3.8) is 0 Å². The van der Waals surface area contributed by atoms with Crippen LogP contribution >= 0.6 is 0 Å². The van der Waals surface area contributed by atoms with E-state index in [9.17, 15) is 31.3 Å². The molecular formula is C34H41N3O8S2. The predicted octanol–water partition coefficient (Wildman–Crippen LogP) is 6.77. The lowest BCUT2D eigenvalue weighted by Gasteiger charge is -2.39. The molecule has 0 saturated carbocycles. The van der Waals surface area contributed by atoms with Crippen LogP contribution in [-0.4, -0.2) is 44.5 Å². The molecular weight excluding hydrogens is 643 g/mol. The second-order valence-corrected chi connectivity index (χ2v) is 16.6. The number of aromatic carboxylic acids is 1. The molecule has 0 saturated heterocycles. The van der Waals surface area contributed by atoms with E-state index in [2.05, 4.69) is 10.0 Å². The molecule has 5 N–H and O–H groups in total. The summed E-state index contributed by atoms with van der Waals surface area (Å²) in [5.41, 5.74) is 0.926. The molecule has 2 unspecified atom stereocenters. The second kappa shape index (κ2) is 12.0. The molecule has 252 valence electrons. The van der Waals surface area contributed by atoms with E-state index in [-0.39, 0.29) is 68.1 Å². The number of hydrogen-bond donors (Lipinski definition) is 5. The van der Waals surface area contributed by atoms with Crippen molar-refractivity contribution in [2.45, 2.75) is 88.5 Å². The van der Waals surface area contributed by atoms with Crippen LogP contribution in [0.1, 0.15) is 94.6 Å². The van der Waals surface area contributed by atoms with Crippen LogP contribution in [0.4, 0.5) is 5.69 Å². The van der Waals surface area contributed by atoms with E-state index < -0.39 is 47.7 Å². The predicted molar refractivity (Wildman–Crippen MR) is 180 cm³/mol. The minimum absolute atomic E-state index is 0.0406. The fourth-order valence-corrected chi connectivity index (χ4v) is 9.21. The lowest BCUT2D eigenvalue weighted by molar-refractivity contribution is 0.0697. The van der Waals surface area contributed by atoms with Crippen molar-refractivity contribution in [2.75, 3.05) is 11.9 Å². The summed E-state index contributed by atoms with van der Waals surface area (Å²) < 4.78 is 73.8. The maximum Gasteiger partial charge on any atom is 0.336 e. The Morgan fingerprint density at radius 1 is 1.11 bits per heavy atom. The highest BCUT2D eigenvalue weighted by Gasteiger charge is 2.39. The highest BCUT2D eigenvalue weighted by molar-refractivity contribution is 7.90. The van der Waals surface area contributed by atoms with Crippen LogP contribution in [0.15, 0.2) is 50.6 Å². The van der Waals surface area contributed by atoms with Gasteiger partial charge in [0.2, 0.25) is 10.0 Å². The van der Waals surface area contributed by atoms with Gasteiger partial charge in [-0.15, -0.1) is 0 Å². The van der Waals surface area contributed by atoms with Gasteiger partial charge in [0.15, 0.2) is 16.2 Å². The largest absolute Gasteiger partial charge is 0.478 e. The zero-order chi connectivity index (χ0) is 34.8. The number of carboxylic acid groups (broad SMARTS) is 1. The molecule has 0 spiro atoms. The minimum Gasteiger partial charge on any atom is -0.478 e. The van der Waals surface area contributed by atoms with Crippen molar-refractivity contribution in [1.29, 1.82) is 5.41 Å². The quantitative estimate of drug-likeness (QED) is 0.0937. The summed E-state index contributed by atoms with van der Waals surface area (Å²) >= 11 is 0. The van der Waals surface area contributed by atoms with Crippen LogP contribution in [0, 0.1) is 11.3 Å². The Balaban J connectivity index is 2.16. The number of anilines is 1. The van der Waals surface area contributed by atoms with Gasteiger partial charge in [0.05, 0.1) is 16.6 Å². The number of rotatable bonds is 9. The molecule has 0 aromatic heterocycles. The van der Waals surface area contributed by atoms with Crippen LogP contribution < -0.4 is 15.4 Å². The SMILES string of the molecule is CCNS(=O)(=O)c1c2c(cc3c(-c4ccccc4C(=O)O)c4cc(C(C)CC(C)C)c(=N)c(S(=O)(=O)O)c-4oc13)C(C)CC(C)(C)N2. The monoisotopic (exact) mass is 683 g/mol. The van der Waals surface area contributed by atoms with Crippen molar-refractivity contribution >= 4 is 42.8 Å². The van der Waals surface area contributed by atoms with E-state index in [4.69, 9.17) is 9.83 Å². The standard InChI is InChI=1S/C34H41N3O8S2/c1-8-36-46(40,41)32-28-23(19(5)16-34(6,7)37-28)15-25-26(20-11-9-10-12-21(20)33(38)39)24-14-22(18(4)13-17(2)3)27(35)31(47(42,43)44)29(24)45-30(25)32/h9-12,14-15,17-19,35-37H,8,13,16H2,1-7H3,(H,38,39)(H,42,43,44). The third-order valence-corrected chi connectivity index (χ3v) is 11.2. The average Bonchev–Trinajstić information content (AvgIpc) is 2.93. The molecule has 1 aliphatic carbocycles. The molecule has 0 bridgehead atoms. The molecule has 0 radical (unpaired) electrons. The summed E-state index contributed by atoms with van der Waals surface area (Å²) in [6.45, 7) is 13.4. The first-order valence-electron chi connectivity index (χ1n) is 15.6. The van der Waals surface area contributed by atoms with Crippen LogP contribution in [0.25, 0.3) is 33.4 Å². The molecule has 2 atom stereocenters. The van der Waals surface area contributed by atoms with E-state index in [1.54, 1.807) is 37.3 Å². The molecule has 47 heavy (non-hydrogen) atoms. The number of sulfonamides is 1. The smallest absolute Gasteiger partial charge is 0.336 e. The molecule has 3 aliphatic rings. The molecule has 2 heterocycles. The molecule has 11 nitrogen and oxygen atoms in total. The lowest BCUT2D eigenvalue weighted by atomic mass is 9.80. The first kappa shape index (κ1) is 34.6. The van der Waals surface area contributed by atoms with Gasteiger partial charge in [0.1, 0.15) is 4.90 Å². The Morgan fingerprint density at radius 3 is 2.36 bits per heavy atom. The van der Waals surface area contributed by atoms with Gasteiger partial charge < -0.3 is 14.8 Å². The number of carbonyl (C=O) groups is 1. The number of hydrogen-bond acceptors (Lipinski definition) is 8. The van der Waals surface area contributed by atoms with Gasteiger partial charge >= 0.3 is 5.97 Å². The number of carboxylic acids is 1. The van der Waals surface area contributed by atoms with Gasteiger partial charge in [-0.2, -0.15) is 8.42 Å². The summed E-state index contributed by atoms with van der Waals surface area (Å²) in [6.07, 6.45) is 1.25. The number of benzene rings is 3. The van der Waals surface area contributed by atoms with Crippen molar-refractivity contribution in [3.05, 3.63) is 58.4 Å². The average molecular weight is 684 g/mol. The molecule has 2 aliphatic heterocycles. The normalized spacial score (nSPS) is 17.1. The topological polar surface area (TPSA) is 187 Å². The van der Waals surface area contributed by atoms with Crippen molar-refractivity contribution in [2.24, 2.45) is 5.92 Å². The second-order valence-electron chi connectivity index (χ2n) is 13.5. The number of nitrogens with one attached hydrogen (secondary N) is 3. The maximum absolute atomic E-state index is 14.1. The van der Waals surface area contributed by atoms with Crippen LogP contribution in [0.5, 0.6) is 0 Å². The Kier molecular flexibility index (Phi) is 8.84. The van der Waals surface area contributed by atoms with E-state index in [1.165, 1.54) is 6.07 Å². The molecule has 13 heteroatoms. The molecule has 2 aromatic rings. The van der Waals surface area contributed by atoms with Gasteiger partial charge in [-0.05, 0) is 79.3 Å². The summed E-state index contributed by atoms with van der Waals surface area (Å²) in [5, 5.41) is 22.4. The summed E-state index contributed by atoms with van der Waals surface area (Å²) in [7, 11) is -9.44. The highest BCUT2D eigenvalue weighted by Crippen LogP contribution is 2.51. The zero-order valence-electron chi connectivity index (χ0n) is 27.5. The third-order valence-electron chi connectivity index (χ3n) is 8.73. The first-order valence-corrected chi connectivity index (χ1v) is 18.5. The van der Waals surface area contributed by atoms with Crippen LogP contribution in [0.3, 0.4) is 0 Å². The van der Waals surface area contributed by atoms with Crippen LogP contribution in [0.2, 0.25) is 0 Å². The maximum atomic E-state index is 14.1. The molecule has 2 aromatic carbocycles. The van der Waals surface area contributed by atoms with Crippen LogP contribution in [-0.2, 0) is 20.1 Å². The van der Waals surface area contributed by atoms with E-state index in [1.807, 2.05) is 41.5 Å². The summed E-state index contributed by atoms with van der Waals surface area (Å²) in [6, 6.07) is 9.56. The van der Waals surface area contributed by atoms with Gasteiger partial charge in [0.25, 0.3) is 10.1 Å². The first-order chi connectivity index (χ1) is 21.8. The van der Waals surface area contributed by atoms with Gasteiger partial charge in [-0.3, -0.25) is 9.96 Å². The Labute approximate surface area is 275 Å². The minimum atomic E-state index is -5.12.